The van der Waals surface area contributed by atoms with Crippen LogP contribution in [-0.2, 0) is 15.8 Å². The first kappa shape index (κ1) is 10.3. The molecule has 0 saturated heterocycles. The number of hydrogen-bond donors (Lipinski definition) is 0. The number of hydrogen-bond acceptors (Lipinski definition) is 3. The Labute approximate surface area is 89.1 Å². The van der Waals surface area contributed by atoms with Gasteiger partial charge in [-0.3, -0.25) is 4.98 Å². The third-order valence-electron chi connectivity index (χ3n) is 2.34. The van der Waals surface area contributed by atoms with Gasteiger partial charge in [0.1, 0.15) is 0 Å². The molecule has 0 aromatic carbocycles. The molecule has 1 aromatic heterocycles. The summed E-state index contributed by atoms with van der Waals surface area (Å²) in [4.78, 5) is 4.25. The zero-order valence-corrected chi connectivity index (χ0v) is 9.45. The summed E-state index contributed by atoms with van der Waals surface area (Å²) in [5.41, 5.74) is 2.57. The van der Waals surface area contributed by atoms with Crippen LogP contribution in [0, 0.1) is 0 Å². The van der Waals surface area contributed by atoms with E-state index in [4.69, 9.17) is 0 Å². The summed E-state index contributed by atoms with van der Waals surface area (Å²) in [7, 11) is -3.30. The number of fused-ring (bicyclic) bond motifs is 1. The Balaban J connectivity index is 2.61. The van der Waals surface area contributed by atoms with Gasteiger partial charge in [-0.05, 0) is 17.5 Å². The molecule has 0 aliphatic carbocycles. The number of nitrogens with zero attached hydrogens (tertiary/aromatic N) is 2. The zero-order chi connectivity index (χ0) is 11.1. The number of sulfonamides is 1. The van der Waals surface area contributed by atoms with Crippen LogP contribution >= 0.6 is 0 Å². The Kier molecular flexibility index (Phi) is 2.34. The average molecular weight is 224 g/mol. The maximum absolute atomic E-state index is 11.3. The lowest BCUT2D eigenvalue weighted by Crippen LogP contribution is -2.13. The first-order valence-corrected chi connectivity index (χ1v) is 6.36. The molecular weight excluding hydrogens is 212 g/mol. The predicted molar refractivity (Wildman–Crippen MR) is 58.5 cm³/mol. The Morgan fingerprint density at radius 3 is 2.80 bits per heavy atom. The largest absolute Gasteiger partial charge is 0.260 e. The third-order valence-corrected chi connectivity index (χ3v) is 3.44. The van der Waals surface area contributed by atoms with Crippen molar-refractivity contribution >= 4 is 16.2 Å². The standard InChI is InChI=1S/C10H12N2O2S/c1-7(2)10-9-5-12-15(13,14)6-8(9)3-4-11-10/h3-5,7H,6H2,1-2H3. The topological polar surface area (TPSA) is 59.4 Å². The van der Waals surface area contributed by atoms with Crippen LogP contribution in [0.3, 0.4) is 0 Å². The first-order chi connectivity index (χ1) is 6.99. The monoisotopic (exact) mass is 224 g/mol. The minimum atomic E-state index is -3.30. The SMILES string of the molecule is CC(C)c1nccc2c1C=NS(=O)(=O)C2. The van der Waals surface area contributed by atoms with E-state index in [1.807, 2.05) is 13.8 Å². The highest BCUT2D eigenvalue weighted by Gasteiger charge is 2.20. The molecule has 1 aliphatic heterocycles. The van der Waals surface area contributed by atoms with Gasteiger partial charge in [0.2, 0.25) is 0 Å². The highest BCUT2D eigenvalue weighted by molar-refractivity contribution is 7.89. The van der Waals surface area contributed by atoms with Gasteiger partial charge in [0.25, 0.3) is 10.0 Å². The minimum absolute atomic E-state index is 0.0128. The summed E-state index contributed by atoms with van der Waals surface area (Å²) >= 11 is 0. The molecule has 1 aromatic rings. The molecule has 2 rings (SSSR count). The Morgan fingerprint density at radius 2 is 2.13 bits per heavy atom. The maximum atomic E-state index is 11.3. The molecule has 0 amide bonds. The minimum Gasteiger partial charge on any atom is -0.260 e. The van der Waals surface area contributed by atoms with E-state index in [1.165, 1.54) is 6.21 Å². The van der Waals surface area contributed by atoms with E-state index in [-0.39, 0.29) is 11.7 Å². The fraction of sp³-hybridized carbons (Fsp3) is 0.400. The van der Waals surface area contributed by atoms with Crippen LogP contribution in [0.4, 0.5) is 0 Å². The van der Waals surface area contributed by atoms with E-state index in [2.05, 4.69) is 9.38 Å². The van der Waals surface area contributed by atoms with Crippen molar-refractivity contribution in [2.45, 2.75) is 25.5 Å². The van der Waals surface area contributed by atoms with Gasteiger partial charge in [-0.15, -0.1) is 0 Å². The van der Waals surface area contributed by atoms with Crippen LogP contribution in [0.2, 0.25) is 0 Å². The summed E-state index contributed by atoms with van der Waals surface area (Å²) in [5, 5.41) is 0. The van der Waals surface area contributed by atoms with Gasteiger partial charge >= 0.3 is 0 Å². The molecule has 0 bridgehead atoms. The molecule has 80 valence electrons. The van der Waals surface area contributed by atoms with Gasteiger partial charge in [0, 0.05) is 18.0 Å². The molecule has 0 saturated carbocycles. The number of rotatable bonds is 1. The second-order valence-electron chi connectivity index (χ2n) is 3.88. The molecule has 0 N–H and O–H groups in total. The van der Waals surface area contributed by atoms with Crippen molar-refractivity contribution in [1.82, 2.24) is 4.98 Å². The van der Waals surface area contributed by atoms with E-state index in [1.54, 1.807) is 12.3 Å². The van der Waals surface area contributed by atoms with Crippen molar-refractivity contribution < 1.29 is 8.42 Å². The van der Waals surface area contributed by atoms with E-state index in [0.29, 0.717) is 0 Å². The highest BCUT2D eigenvalue weighted by Crippen LogP contribution is 2.23. The van der Waals surface area contributed by atoms with E-state index >= 15 is 0 Å². The van der Waals surface area contributed by atoms with Crippen molar-refractivity contribution in [2.75, 3.05) is 0 Å². The second kappa shape index (κ2) is 3.41. The molecule has 5 heteroatoms. The molecular formula is C10H12N2O2S. The summed E-state index contributed by atoms with van der Waals surface area (Å²) in [6.45, 7) is 4.05. The smallest absolute Gasteiger partial charge is 0.257 e. The fourth-order valence-electron chi connectivity index (χ4n) is 1.63. The first-order valence-electron chi connectivity index (χ1n) is 4.75. The molecule has 0 atom stereocenters. The van der Waals surface area contributed by atoms with Crippen LogP contribution in [0.1, 0.15) is 36.6 Å². The van der Waals surface area contributed by atoms with Crippen LogP contribution in [0.25, 0.3) is 0 Å². The van der Waals surface area contributed by atoms with Gasteiger partial charge in [0.15, 0.2) is 0 Å². The Bertz CT molecular complexity index is 518. The fourth-order valence-corrected chi connectivity index (χ4v) is 2.62. The lowest BCUT2D eigenvalue weighted by atomic mass is 10.0. The lowest BCUT2D eigenvalue weighted by Gasteiger charge is -2.15. The van der Waals surface area contributed by atoms with Crippen molar-refractivity contribution in [1.29, 1.82) is 0 Å². The zero-order valence-electron chi connectivity index (χ0n) is 8.64. The van der Waals surface area contributed by atoms with Gasteiger partial charge in [-0.2, -0.15) is 4.40 Å². The molecule has 0 unspecified atom stereocenters. The van der Waals surface area contributed by atoms with Crippen LogP contribution in [0.15, 0.2) is 16.7 Å². The van der Waals surface area contributed by atoms with Crippen molar-refractivity contribution in [3.8, 4) is 0 Å². The average Bonchev–Trinajstić information content (AvgIpc) is 2.14. The summed E-state index contributed by atoms with van der Waals surface area (Å²) < 4.78 is 26.1. The van der Waals surface area contributed by atoms with E-state index < -0.39 is 10.0 Å². The molecule has 0 radical (unpaired) electrons. The van der Waals surface area contributed by atoms with E-state index in [9.17, 15) is 8.42 Å². The van der Waals surface area contributed by atoms with Gasteiger partial charge < -0.3 is 0 Å². The van der Waals surface area contributed by atoms with Crippen molar-refractivity contribution in [3.63, 3.8) is 0 Å². The van der Waals surface area contributed by atoms with Gasteiger partial charge in [-0.25, -0.2) is 8.42 Å². The Hall–Kier alpha value is -1.23. The summed E-state index contributed by atoms with van der Waals surface area (Å²) in [6, 6.07) is 1.74. The molecule has 4 nitrogen and oxygen atoms in total. The quantitative estimate of drug-likeness (QED) is 0.725. The molecule has 2 heterocycles. The van der Waals surface area contributed by atoms with E-state index in [0.717, 1.165) is 16.8 Å². The third kappa shape index (κ3) is 1.92. The van der Waals surface area contributed by atoms with Crippen molar-refractivity contribution in [3.05, 3.63) is 29.1 Å². The maximum Gasteiger partial charge on any atom is 0.257 e. The number of aromatic nitrogens is 1. The van der Waals surface area contributed by atoms with Crippen LogP contribution < -0.4 is 0 Å². The Morgan fingerprint density at radius 1 is 1.40 bits per heavy atom. The van der Waals surface area contributed by atoms with Gasteiger partial charge in [-0.1, -0.05) is 13.8 Å². The van der Waals surface area contributed by atoms with Gasteiger partial charge in [0.05, 0.1) is 11.4 Å². The number of pyridine rings is 1. The van der Waals surface area contributed by atoms with Crippen LogP contribution in [-0.4, -0.2) is 19.6 Å². The van der Waals surface area contributed by atoms with Crippen LogP contribution in [0.5, 0.6) is 0 Å². The summed E-state index contributed by atoms with van der Waals surface area (Å²) in [6.07, 6.45) is 3.07. The molecule has 1 aliphatic rings. The second-order valence-corrected chi connectivity index (χ2v) is 5.55. The normalized spacial score (nSPS) is 17.8. The van der Waals surface area contributed by atoms with Crippen molar-refractivity contribution in [2.24, 2.45) is 4.40 Å². The molecule has 15 heavy (non-hydrogen) atoms. The highest BCUT2D eigenvalue weighted by atomic mass is 32.2. The molecule has 0 fully saturated rings. The summed E-state index contributed by atoms with van der Waals surface area (Å²) in [5.74, 6) is 0.258. The molecule has 0 spiro atoms. The predicted octanol–water partition coefficient (Wildman–Crippen LogP) is 1.47. The lowest BCUT2D eigenvalue weighted by molar-refractivity contribution is 0.596.